The number of hydrogen-bond donors (Lipinski definition) is 0. The van der Waals surface area contributed by atoms with Crippen LogP contribution >= 0.6 is 0 Å². The molecule has 0 unspecified atom stereocenters. The number of benzene rings is 1. The third-order valence-electron chi connectivity index (χ3n) is 8.10. The van der Waals surface area contributed by atoms with Crippen molar-refractivity contribution in [3.63, 3.8) is 0 Å². The summed E-state index contributed by atoms with van der Waals surface area (Å²) in [6, 6.07) is 8.99. The third kappa shape index (κ3) is 3.42. The minimum atomic E-state index is -0.494. The van der Waals surface area contributed by atoms with Gasteiger partial charge in [-0.2, -0.15) is 0 Å². The minimum Gasteiger partial charge on any atom is -0.454 e. The molecule has 1 aromatic carbocycles. The van der Waals surface area contributed by atoms with E-state index in [1.54, 1.807) is 0 Å². The molecule has 1 aliphatic heterocycles. The zero-order valence-electron chi connectivity index (χ0n) is 18.2. The quantitative estimate of drug-likeness (QED) is 0.660. The molecule has 0 N–H and O–H groups in total. The Bertz CT molecular complexity index is 982. The lowest BCUT2D eigenvalue weighted by Crippen LogP contribution is -2.56. The van der Waals surface area contributed by atoms with Crippen molar-refractivity contribution in [2.45, 2.75) is 64.0 Å². The Labute approximate surface area is 187 Å². The number of hydrogen-bond acceptors (Lipinski definition) is 6. The highest BCUT2D eigenvalue weighted by molar-refractivity contribution is 5.89. The number of esters is 1. The van der Waals surface area contributed by atoms with Gasteiger partial charge in [0.05, 0.1) is 5.41 Å². The van der Waals surface area contributed by atoms with Crippen LogP contribution in [0.15, 0.2) is 34.7 Å². The molecule has 168 valence electrons. The van der Waals surface area contributed by atoms with Crippen molar-refractivity contribution in [1.82, 2.24) is 15.1 Å². The molecule has 2 heterocycles. The molecule has 4 saturated carbocycles. The van der Waals surface area contributed by atoms with Gasteiger partial charge in [-0.05, 0) is 81.3 Å². The zero-order valence-corrected chi connectivity index (χ0v) is 18.2. The molecule has 7 nitrogen and oxygen atoms in total. The van der Waals surface area contributed by atoms with E-state index in [1.165, 1.54) is 19.3 Å². The minimum absolute atomic E-state index is 0.0748. The maximum absolute atomic E-state index is 13.7. The fourth-order valence-electron chi connectivity index (χ4n) is 7.17. The predicted octanol–water partition coefficient (Wildman–Crippen LogP) is 3.99. The first-order valence-electron chi connectivity index (χ1n) is 12.0. The lowest BCUT2D eigenvalue weighted by molar-refractivity contribution is -0.166. The van der Waals surface area contributed by atoms with Crippen LogP contribution in [0.2, 0.25) is 0 Å². The summed E-state index contributed by atoms with van der Waals surface area (Å²) in [4.78, 5) is 28.5. The molecular formula is C25H29N3O4. The van der Waals surface area contributed by atoms with Crippen molar-refractivity contribution in [2.75, 3.05) is 6.54 Å². The van der Waals surface area contributed by atoms with Gasteiger partial charge >= 0.3 is 5.97 Å². The second-order valence-corrected chi connectivity index (χ2v) is 10.3. The summed E-state index contributed by atoms with van der Waals surface area (Å²) in [7, 11) is 0. The fraction of sp³-hybridized carbons (Fsp3) is 0.600. The van der Waals surface area contributed by atoms with Gasteiger partial charge in [-0.25, -0.2) is 4.79 Å². The summed E-state index contributed by atoms with van der Waals surface area (Å²) in [5, 5.41) is 8.04. The third-order valence-corrected chi connectivity index (χ3v) is 8.10. The molecule has 1 atom stereocenters. The van der Waals surface area contributed by atoms with Gasteiger partial charge in [-0.15, -0.1) is 10.2 Å². The number of carbonyl (C=O) groups excluding carboxylic acids is 2. The SMILES string of the molecule is O=C(OCc1nnc(-c2ccccc2)o1)[C@@H]1CCCN1C(=O)C12CC3CC(CC(C3)C1)C2. The van der Waals surface area contributed by atoms with Crippen LogP contribution in [0.1, 0.15) is 57.3 Å². The molecule has 0 spiro atoms. The molecule has 5 aliphatic rings. The summed E-state index contributed by atoms with van der Waals surface area (Å²) in [5.74, 6) is 2.61. The second kappa shape index (κ2) is 7.71. The average Bonchev–Trinajstić information content (AvgIpc) is 3.47. The van der Waals surface area contributed by atoms with Crippen LogP contribution in [0.3, 0.4) is 0 Å². The number of aromatic nitrogens is 2. The largest absolute Gasteiger partial charge is 0.454 e. The predicted molar refractivity (Wildman–Crippen MR) is 115 cm³/mol. The fourth-order valence-corrected chi connectivity index (χ4v) is 7.17. The molecule has 1 saturated heterocycles. The number of ether oxygens (including phenoxy) is 1. The second-order valence-electron chi connectivity index (χ2n) is 10.3. The Balaban J connectivity index is 1.11. The highest BCUT2D eigenvalue weighted by Gasteiger charge is 2.57. The van der Waals surface area contributed by atoms with E-state index in [9.17, 15) is 9.59 Å². The van der Waals surface area contributed by atoms with E-state index in [4.69, 9.17) is 9.15 Å². The Hall–Kier alpha value is -2.70. The summed E-state index contributed by atoms with van der Waals surface area (Å²) in [6.07, 6.45) is 8.45. The van der Waals surface area contributed by atoms with Gasteiger partial charge in [0.1, 0.15) is 6.04 Å². The lowest BCUT2D eigenvalue weighted by atomic mass is 9.49. The molecule has 2 aromatic rings. The monoisotopic (exact) mass is 435 g/mol. The first-order valence-corrected chi connectivity index (χ1v) is 12.0. The molecule has 1 aromatic heterocycles. The molecule has 0 radical (unpaired) electrons. The van der Waals surface area contributed by atoms with Crippen LogP contribution in [0.25, 0.3) is 11.5 Å². The van der Waals surface area contributed by atoms with E-state index in [0.717, 1.165) is 31.2 Å². The first-order chi connectivity index (χ1) is 15.6. The number of amides is 1. The molecule has 4 bridgehead atoms. The average molecular weight is 436 g/mol. The number of nitrogens with zero attached hydrogens (tertiary/aromatic N) is 3. The van der Waals surface area contributed by atoms with Crippen molar-refractivity contribution >= 4 is 11.9 Å². The van der Waals surface area contributed by atoms with E-state index in [1.807, 2.05) is 35.2 Å². The van der Waals surface area contributed by atoms with Crippen LogP contribution in [0.4, 0.5) is 0 Å². The molecule has 7 rings (SSSR count). The highest BCUT2D eigenvalue weighted by atomic mass is 16.5. The van der Waals surface area contributed by atoms with Crippen molar-refractivity contribution in [3.05, 3.63) is 36.2 Å². The van der Waals surface area contributed by atoms with E-state index >= 15 is 0 Å². The smallest absolute Gasteiger partial charge is 0.329 e. The van der Waals surface area contributed by atoms with Crippen LogP contribution < -0.4 is 0 Å². The molecule has 7 heteroatoms. The summed E-state index contributed by atoms with van der Waals surface area (Å²) < 4.78 is 11.2. The van der Waals surface area contributed by atoms with Crippen molar-refractivity contribution in [1.29, 1.82) is 0 Å². The van der Waals surface area contributed by atoms with Gasteiger partial charge in [0.2, 0.25) is 11.8 Å². The maximum Gasteiger partial charge on any atom is 0.329 e. The van der Waals surface area contributed by atoms with Crippen molar-refractivity contribution < 1.29 is 18.7 Å². The van der Waals surface area contributed by atoms with E-state index < -0.39 is 6.04 Å². The Kier molecular flexibility index (Phi) is 4.81. The van der Waals surface area contributed by atoms with Crippen molar-refractivity contribution in [2.24, 2.45) is 23.2 Å². The van der Waals surface area contributed by atoms with Gasteiger partial charge in [-0.1, -0.05) is 18.2 Å². The number of rotatable bonds is 5. The first kappa shape index (κ1) is 19.9. The lowest BCUT2D eigenvalue weighted by Gasteiger charge is -2.56. The van der Waals surface area contributed by atoms with E-state index in [2.05, 4.69) is 10.2 Å². The van der Waals surface area contributed by atoms with Crippen LogP contribution in [0.5, 0.6) is 0 Å². The molecular weight excluding hydrogens is 406 g/mol. The Morgan fingerprint density at radius 2 is 1.72 bits per heavy atom. The van der Waals surface area contributed by atoms with Gasteiger partial charge in [-0.3, -0.25) is 4.79 Å². The number of likely N-dealkylation sites (tertiary alicyclic amines) is 1. The normalized spacial score (nSPS) is 32.9. The number of carbonyl (C=O) groups is 2. The van der Waals surface area contributed by atoms with E-state index in [0.29, 0.717) is 36.6 Å². The van der Waals surface area contributed by atoms with Crippen LogP contribution in [0, 0.1) is 23.2 Å². The van der Waals surface area contributed by atoms with E-state index in [-0.39, 0.29) is 29.8 Å². The maximum atomic E-state index is 13.7. The Morgan fingerprint density at radius 3 is 2.41 bits per heavy atom. The molecule has 1 amide bonds. The molecule has 5 fully saturated rings. The topological polar surface area (TPSA) is 85.5 Å². The van der Waals surface area contributed by atoms with Crippen LogP contribution in [-0.2, 0) is 20.9 Å². The van der Waals surface area contributed by atoms with Gasteiger partial charge in [0, 0.05) is 12.1 Å². The Morgan fingerprint density at radius 1 is 1.03 bits per heavy atom. The molecule has 4 aliphatic carbocycles. The van der Waals surface area contributed by atoms with Gasteiger partial charge < -0.3 is 14.1 Å². The summed E-state index contributed by atoms with van der Waals surface area (Å²) in [5.41, 5.74) is 0.593. The van der Waals surface area contributed by atoms with Gasteiger partial charge in [0.15, 0.2) is 6.61 Å². The molecule has 32 heavy (non-hydrogen) atoms. The standard InChI is InChI=1S/C25H29N3O4/c29-23(31-15-21-26-27-22(32-21)19-5-2-1-3-6-19)20-7-4-8-28(20)24(30)25-12-16-9-17(13-25)11-18(10-16)14-25/h1-3,5-6,16-18,20H,4,7-15H2/t16?,17?,18?,20-,25?/m0/s1. The zero-order chi connectivity index (χ0) is 21.7. The highest BCUT2D eigenvalue weighted by Crippen LogP contribution is 2.60. The van der Waals surface area contributed by atoms with Crippen LogP contribution in [-0.4, -0.2) is 39.6 Å². The summed E-state index contributed by atoms with van der Waals surface area (Å²) in [6.45, 7) is 0.577. The van der Waals surface area contributed by atoms with Crippen molar-refractivity contribution in [3.8, 4) is 11.5 Å². The summed E-state index contributed by atoms with van der Waals surface area (Å²) >= 11 is 0. The van der Waals surface area contributed by atoms with Gasteiger partial charge in [0.25, 0.3) is 5.89 Å².